The monoisotopic (exact) mass is 825 g/mol. The predicted molar refractivity (Wildman–Crippen MR) is 270 cm³/mol. The van der Waals surface area contributed by atoms with E-state index in [0.29, 0.717) is 5.92 Å². The second-order valence-corrected chi connectivity index (χ2v) is 23.1. The number of nitrogens with zero attached hydrogens (tertiary/aromatic N) is 2. The minimum atomic E-state index is -0.197. The van der Waals surface area contributed by atoms with E-state index in [-0.39, 0.29) is 33.8 Å². The Morgan fingerprint density at radius 3 is 1.90 bits per heavy atom. The van der Waals surface area contributed by atoms with E-state index in [2.05, 4.69) is 213 Å². The molecule has 1 fully saturated rings. The number of rotatable bonds is 4. The van der Waals surface area contributed by atoms with Crippen LogP contribution in [-0.4, -0.2) is 6.71 Å². The highest BCUT2D eigenvalue weighted by molar-refractivity contribution is 6.95. The van der Waals surface area contributed by atoms with E-state index in [9.17, 15) is 0 Å². The minimum absolute atomic E-state index is 0.0106. The minimum Gasteiger partial charge on any atom is -0.311 e. The van der Waals surface area contributed by atoms with Crippen LogP contribution in [0.1, 0.15) is 152 Å². The molecule has 3 unspecified atom stereocenters. The first-order valence-electron chi connectivity index (χ1n) is 24.0. The van der Waals surface area contributed by atoms with Gasteiger partial charge in [0.15, 0.2) is 0 Å². The molecule has 63 heavy (non-hydrogen) atoms. The standard InChI is InChI=1S/C60H65BN2/c1-38-32-39(56(2,3)4)28-29-50(38)63-51-36-43(62(41-22-14-12-15-23-41)42-24-16-13-17-25-42)35-45-46-37-59(10)30-20-21-31-60(59,11)48-33-40(57(5,6)7)34-49(52(46)48)61(53(45)51)55-54(63)44-26-18-19-27-47(44)58(55,8)9/h12-19,22-29,32-36,46H,20-21,30-31,37H2,1-11H3. The molecule has 0 spiro atoms. The van der Waals surface area contributed by atoms with Crippen molar-refractivity contribution < 1.29 is 0 Å². The van der Waals surface area contributed by atoms with Crippen molar-refractivity contribution in [3.05, 3.63) is 177 Å². The maximum atomic E-state index is 2.74. The van der Waals surface area contributed by atoms with Crippen LogP contribution in [0.3, 0.4) is 0 Å². The summed E-state index contributed by atoms with van der Waals surface area (Å²) in [6.45, 7) is 27.2. The number of anilines is 5. The number of hydrogen-bond donors (Lipinski definition) is 0. The van der Waals surface area contributed by atoms with E-state index in [0.717, 1.165) is 0 Å². The van der Waals surface area contributed by atoms with Gasteiger partial charge in [-0.1, -0.05) is 178 Å². The van der Waals surface area contributed by atoms with Crippen molar-refractivity contribution in [2.24, 2.45) is 5.41 Å². The highest BCUT2D eigenvalue weighted by atomic mass is 15.2. The molecule has 0 saturated heterocycles. The van der Waals surface area contributed by atoms with Gasteiger partial charge >= 0.3 is 0 Å². The first kappa shape index (κ1) is 40.5. The average molecular weight is 825 g/mol. The number of hydrogen-bond acceptors (Lipinski definition) is 2. The Labute approximate surface area is 378 Å². The molecule has 0 N–H and O–H groups in total. The fraction of sp³-hybridized carbons (Fsp3) is 0.367. The van der Waals surface area contributed by atoms with Gasteiger partial charge in [0.05, 0.1) is 0 Å². The predicted octanol–water partition coefficient (Wildman–Crippen LogP) is 14.7. The first-order chi connectivity index (χ1) is 29.9. The molecule has 2 aliphatic heterocycles. The van der Waals surface area contributed by atoms with Gasteiger partial charge in [-0.15, -0.1) is 0 Å². The number of para-hydroxylation sites is 2. The van der Waals surface area contributed by atoms with Crippen molar-refractivity contribution in [3.8, 4) is 0 Å². The van der Waals surface area contributed by atoms with Crippen molar-refractivity contribution in [3.63, 3.8) is 0 Å². The number of aryl methyl sites for hydroxylation is 1. The smallest absolute Gasteiger partial charge is 0.243 e. The van der Waals surface area contributed by atoms with Crippen molar-refractivity contribution in [1.29, 1.82) is 0 Å². The molecule has 2 nitrogen and oxygen atoms in total. The van der Waals surface area contributed by atoms with E-state index in [1.54, 1.807) is 22.1 Å². The summed E-state index contributed by atoms with van der Waals surface area (Å²) in [4.78, 5) is 5.26. The molecular weight excluding hydrogens is 759 g/mol. The Balaban J connectivity index is 1.31. The Morgan fingerprint density at radius 1 is 0.619 bits per heavy atom. The lowest BCUT2D eigenvalue weighted by Gasteiger charge is -2.59. The third-order valence-corrected chi connectivity index (χ3v) is 16.9. The van der Waals surface area contributed by atoms with Gasteiger partial charge in [0, 0.05) is 51.0 Å². The van der Waals surface area contributed by atoms with Crippen molar-refractivity contribution in [1.82, 2.24) is 0 Å². The van der Waals surface area contributed by atoms with E-state index in [4.69, 9.17) is 0 Å². The van der Waals surface area contributed by atoms with Gasteiger partial charge in [-0.25, -0.2) is 0 Å². The van der Waals surface area contributed by atoms with Gasteiger partial charge in [-0.05, 0) is 135 Å². The summed E-state index contributed by atoms with van der Waals surface area (Å²) in [5, 5.41) is 0. The van der Waals surface area contributed by atoms with Crippen molar-refractivity contribution >= 4 is 51.8 Å². The van der Waals surface area contributed by atoms with Crippen LogP contribution < -0.4 is 20.7 Å². The molecule has 6 aromatic rings. The normalized spacial score (nSPS) is 22.8. The topological polar surface area (TPSA) is 6.48 Å². The zero-order chi connectivity index (χ0) is 44.0. The molecule has 3 aliphatic carbocycles. The van der Waals surface area contributed by atoms with Crippen LogP contribution in [0.15, 0.2) is 133 Å². The molecule has 0 radical (unpaired) electrons. The number of fused-ring (bicyclic) bond motifs is 7. The van der Waals surface area contributed by atoms with Crippen molar-refractivity contribution in [2.75, 3.05) is 9.80 Å². The Hall–Kier alpha value is -5.28. The van der Waals surface area contributed by atoms with E-state index >= 15 is 0 Å². The summed E-state index contributed by atoms with van der Waals surface area (Å²) in [5.41, 5.74) is 24.2. The zero-order valence-corrected chi connectivity index (χ0v) is 39.7. The number of benzene rings is 6. The quantitative estimate of drug-likeness (QED) is 0.163. The summed E-state index contributed by atoms with van der Waals surface area (Å²) >= 11 is 0. The molecule has 318 valence electrons. The Kier molecular flexibility index (Phi) is 8.75. The zero-order valence-electron chi connectivity index (χ0n) is 39.7. The van der Waals surface area contributed by atoms with Crippen molar-refractivity contribution in [2.45, 2.75) is 136 Å². The lowest BCUT2D eigenvalue weighted by atomic mass is 9.27. The molecule has 0 bridgehead atoms. The van der Waals surface area contributed by atoms with Crippen LogP contribution in [0.5, 0.6) is 0 Å². The second-order valence-electron chi connectivity index (χ2n) is 23.1. The van der Waals surface area contributed by atoms with Crippen LogP contribution in [0.4, 0.5) is 28.4 Å². The molecule has 0 aromatic heterocycles. The van der Waals surface area contributed by atoms with Crippen LogP contribution in [0, 0.1) is 12.3 Å². The van der Waals surface area contributed by atoms with E-state index in [1.165, 1.54) is 105 Å². The maximum Gasteiger partial charge on any atom is 0.243 e. The third-order valence-electron chi connectivity index (χ3n) is 16.9. The van der Waals surface area contributed by atoms with Crippen LogP contribution in [0.2, 0.25) is 0 Å². The van der Waals surface area contributed by atoms with Gasteiger partial charge in [-0.3, -0.25) is 0 Å². The van der Waals surface area contributed by atoms with Crippen LogP contribution >= 0.6 is 0 Å². The first-order valence-corrected chi connectivity index (χ1v) is 24.0. The van der Waals surface area contributed by atoms with Gasteiger partial charge in [0.1, 0.15) is 0 Å². The van der Waals surface area contributed by atoms with E-state index in [1.807, 2.05) is 0 Å². The lowest BCUT2D eigenvalue weighted by Crippen LogP contribution is -2.61. The molecule has 2 heterocycles. The molecule has 1 saturated carbocycles. The molecule has 3 atom stereocenters. The fourth-order valence-electron chi connectivity index (χ4n) is 13.3. The fourth-order valence-corrected chi connectivity index (χ4v) is 13.3. The summed E-state index contributed by atoms with van der Waals surface area (Å²) in [6.07, 6.45) is 6.34. The SMILES string of the molecule is Cc1cc(C(C)(C)C)ccc1N1C2=C(B3c4cc(C(C)(C)C)cc5c4C(CC4(C)CCCCC54C)c4cc(N(c5ccccc5)c5ccccc5)cc1c43)C(C)(C)c1ccccc12. The molecular formula is C60H65BN2. The molecule has 11 rings (SSSR count). The summed E-state index contributed by atoms with van der Waals surface area (Å²) in [5.74, 6) is 0.291. The van der Waals surface area contributed by atoms with E-state index < -0.39 is 0 Å². The molecule has 0 amide bonds. The summed E-state index contributed by atoms with van der Waals surface area (Å²) in [7, 11) is 0. The summed E-state index contributed by atoms with van der Waals surface area (Å²) < 4.78 is 0. The number of allylic oxidation sites excluding steroid dienone is 1. The third kappa shape index (κ3) is 5.76. The Bertz CT molecular complexity index is 2830. The van der Waals surface area contributed by atoms with Gasteiger partial charge in [-0.2, -0.15) is 0 Å². The van der Waals surface area contributed by atoms with Crippen LogP contribution in [-0.2, 0) is 21.7 Å². The van der Waals surface area contributed by atoms with Gasteiger partial charge in [0.2, 0.25) is 6.71 Å². The maximum absolute atomic E-state index is 2.74. The van der Waals surface area contributed by atoms with Crippen LogP contribution in [0.25, 0.3) is 5.70 Å². The van der Waals surface area contributed by atoms with Gasteiger partial charge in [0.25, 0.3) is 0 Å². The molecule has 6 aromatic carbocycles. The Morgan fingerprint density at radius 2 is 1.25 bits per heavy atom. The summed E-state index contributed by atoms with van der Waals surface area (Å²) in [6, 6.07) is 49.5. The lowest BCUT2D eigenvalue weighted by molar-refractivity contribution is 0.0602. The second kappa shape index (κ2) is 13.6. The van der Waals surface area contributed by atoms with Gasteiger partial charge < -0.3 is 9.80 Å². The highest BCUT2D eigenvalue weighted by Gasteiger charge is 2.59. The molecule has 5 aliphatic rings. The highest BCUT2D eigenvalue weighted by Crippen LogP contribution is 2.64. The molecule has 3 heteroatoms. The largest absolute Gasteiger partial charge is 0.311 e. The average Bonchev–Trinajstić information content (AvgIpc) is 3.48.